The average Bonchev–Trinajstić information content (AvgIpc) is 2.82. The van der Waals surface area contributed by atoms with Crippen LogP contribution in [0.3, 0.4) is 0 Å². The van der Waals surface area contributed by atoms with Crippen molar-refractivity contribution in [2.45, 2.75) is 44.6 Å². The number of hydrogen-bond donors (Lipinski definition) is 2. The number of nitrogens with two attached hydrogens (primary N) is 1. The third-order valence-corrected chi connectivity index (χ3v) is 3.63. The first-order chi connectivity index (χ1) is 8.35. The molecule has 0 aromatic heterocycles. The highest BCUT2D eigenvalue weighted by Crippen LogP contribution is 2.27. The number of aryl methyl sites for hydroxylation is 2. The quantitative estimate of drug-likeness (QED) is 0.341. The minimum Gasteiger partial charge on any atom is -0.271 e. The van der Waals surface area contributed by atoms with Crippen LogP contribution in [0.15, 0.2) is 30.9 Å². The minimum absolute atomic E-state index is 0.279. The average molecular weight is 230 g/mol. The second kappa shape index (κ2) is 5.99. The standard InChI is InChI=1S/C15H22N2/c1-2-3-4-8-15(17-16)14-10-9-12-6-5-7-13(12)11-14/h2,9-11,15,17H,1,3-8,16H2. The molecule has 17 heavy (non-hydrogen) atoms. The summed E-state index contributed by atoms with van der Waals surface area (Å²) in [6.45, 7) is 3.75. The van der Waals surface area contributed by atoms with Crippen molar-refractivity contribution in [2.75, 3.05) is 0 Å². The molecule has 2 heteroatoms. The van der Waals surface area contributed by atoms with Gasteiger partial charge in [-0.25, -0.2) is 0 Å². The molecule has 1 unspecified atom stereocenters. The summed E-state index contributed by atoms with van der Waals surface area (Å²) in [7, 11) is 0. The van der Waals surface area contributed by atoms with Crippen LogP contribution in [-0.4, -0.2) is 0 Å². The van der Waals surface area contributed by atoms with Crippen LogP contribution >= 0.6 is 0 Å². The lowest BCUT2D eigenvalue weighted by atomic mass is 9.98. The number of hydrogen-bond acceptors (Lipinski definition) is 2. The van der Waals surface area contributed by atoms with E-state index >= 15 is 0 Å². The maximum atomic E-state index is 5.66. The molecular weight excluding hydrogens is 208 g/mol. The SMILES string of the molecule is C=CCCCC(NN)c1ccc2c(c1)CCC2. The Hall–Kier alpha value is -1.12. The molecule has 0 heterocycles. The Labute approximate surface area is 104 Å². The zero-order chi connectivity index (χ0) is 12.1. The first-order valence-corrected chi connectivity index (χ1v) is 6.54. The highest BCUT2D eigenvalue weighted by molar-refractivity contribution is 5.36. The molecule has 0 radical (unpaired) electrons. The lowest BCUT2D eigenvalue weighted by Gasteiger charge is -2.17. The predicted molar refractivity (Wildman–Crippen MR) is 72.6 cm³/mol. The zero-order valence-electron chi connectivity index (χ0n) is 10.4. The maximum Gasteiger partial charge on any atom is 0.0460 e. The van der Waals surface area contributed by atoms with Crippen molar-refractivity contribution in [3.63, 3.8) is 0 Å². The Morgan fingerprint density at radius 1 is 1.35 bits per heavy atom. The molecule has 92 valence electrons. The van der Waals surface area contributed by atoms with Gasteiger partial charge in [-0.2, -0.15) is 0 Å². The van der Waals surface area contributed by atoms with E-state index in [9.17, 15) is 0 Å². The summed E-state index contributed by atoms with van der Waals surface area (Å²) in [6.07, 6.45) is 9.01. The van der Waals surface area contributed by atoms with Gasteiger partial charge in [-0.05, 0) is 55.2 Å². The van der Waals surface area contributed by atoms with E-state index in [-0.39, 0.29) is 6.04 Å². The van der Waals surface area contributed by atoms with Gasteiger partial charge < -0.3 is 0 Å². The van der Waals surface area contributed by atoms with E-state index in [1.807, 2.05) is 6.08 Å². The molecule has 2 rings (SSSR count). The lowest BCUT2D eigenvalue weighted by Crippen LogP contribution is -2.28. The summed E-state index contributed by atoms with van der Waals surface area (Å²) in [6, 6.07) is 7.11. The van der Waals surface area contributed by atoms with E-state index < -0.39 is 0 Å². The smallest absolute Gasteiger partial charge is 0.0460 e. The van der Waals surface area contributed by atoms with Gasteiger partial charge in [0.05, 0.1) is 0 Å². The third-order valence-electron chi connectivity index (χ3n) is 3.63. The Kier molecular flexibility index (Phi) is 4.35. The first-order valence-electron chi connectivity index (χ1n) is 6.54. The van der Waals surface area contributed by atoms with Gasteiger partial charge in [0.15, 0.2) is 0 Å². The molecule has 2 nitrogen and oxygen atoms in total. The molecule has 0 saturated carbocycles. The second-order valence-corrected chi connectivity index (χ2v) is 4.82. The molecular formula is C15H22N2. The molecule has 1 aromatic carbocycles. The van der Waals surface area contributed by atoms with E-state index in [4.69, 9.17) is 5.84 Å². The fraction of sp³-hybridized carbons (Fsp3) is 0.467. The summed E-state index contributed by atoms with van der Waals surface area (Å²) in [5, 5.41) is 0. The Morgan fingerprint density at radius 2 is 2.18 bits per heavy atom. The maximum absolute atomic E-state index is 5.66. The van der Waals surface area contributed by atoms with Crippen LogP contribution in [0.1, 0.15) is 48.4 Å². The van der Waals surface area contributed by atoms with E-state index in [0.717, 1.165) is 19.3 Å². The molecule has 0 fully saturated rings. The van der Waals surface area contributed by atoms with Gasteiger partial charge in [-0.1, -0.05) is 24.3 Å². The number of nitrogens with one attached hydrogen (secondary N) is 1. The minimum atomic E-state index is 0.279. The van der Waals surface area contributed by atoms with Gasteiger partial charge in [0.1, 0.15) is 0 Å². The zero-order valence-corrected chi connectivity index (χ0v) is 10.4. The largest absolute Gasteiger partial charge is 0.271 e. The third kappa shape index (κ3) is 2.96. The fourth-order valence-corrected chi connectivity index (χ4v) is 2.62. The van der Waals surface area contributed by atoms with Crippen molar-refractivity contribution in [1.29, 1.82) is 0 Å². The number of unbranched alkanes of at least 4 members (excludes halogenated alkanes) is 1. The topological polar surface area (TPSA) is 38.0 Å². The van der Waals surface area contributed by atoms with E-state index in [0.29, 0.717) is 0 Å². The summed E-state index contributed by atoms with van der Waals surface area (Å²) < 4.78 is 0. The van der Waals surface area contributed by atoms with Gasteiger partial charge in [-0.15, -0.1) is 6.58 Å². The highest BCUT2D eigenvalue weighted by Gasteiger charge is 2.14. The van der Waals surface area contributed by atoms with Gasteiger partial charge in [0.25, 0.3) is 0 Å². The molecule has 3 N–H and O–H groups in total. The normalized spacial score (nSPS) is 15.6. The van der Waals surface area contributed by atoms with Crippen LogP contribution in [0.5, 0.6) is 0 Å². The summed E-state index contributed by atoms with van der Waals surface area (Å²) in [5.74, 6) is 5.66. The van der Waals surface area contributed by atoms with Crippen molar-refractivity contribution in [2.24, 2.45) is 5.84 Å². The van der Waals surface area contributed by atoms with Gasteiger partial charge in [0, 0.05) is 6.04 Å². The molecule has 0 spiro atoms. The number of hydrazine groups is 1. The van der Waals surface area contributed by atoms with Gasteiger partial charge in [-0.3, -0.25) is 11.3 Å². The predicted octanol–water partition coefficient (Wildman–Crippen LogP) is 3.04. The van der Waals surface area contributed by atoms with Crippen molar-refractivity contribution in [3.05, 3.63) is 47.5 Å². The van der Waals surface area contributed by atoms with Gasteiger partial charge >= 0.3 is 0 Å². The fourth-order valence-electron chi connectivity index (χ4n) is 2.62. The highest BCUT2D eigenvalue weighted by atomic mass is 15.2. The van der Waals surface area contributed by atoms with Crippen LogP contribution in [0.25, 0.3) is 0 Å². The molecule has 0 bridgehead atoms. The molecule has 0 saturated heterocycles. The molecule has 1 aliphatic carbocycles. The van der Waals surface area contributed by atoms with E-state index in [1.54, 1.807) is 0 Å². The van der Waals surface area contributed by atoms with Crippen LogP contribution in [-0.2, 0) is 12.8 Å². The van der Waals surface area contributed by atoms with Crippen LogP contribution in [0.4, 0.5) is 0 Å². The summed E-state index contributed by atoms with van der Waals surface area (Å²) in [4.78, 5) is 0. The first kappa shape index (κ1) is 12.3. The molecule has 0 amide bonds. The Balaban J connectivity index is 2.05. The van der Waals surface area contributed by atoms with Crippen molar-refractivity contribution < 1.29 is 0 Å². The summed E-state index contributed by atoms with van der Waals surface area (Å²) in [5.41, 5.74) is 7.31. The number of allylic oxidation sites excluding steroid dienone is 1. The Bertz CT molecular complexity index is 385. The second-order valence-electron chi connectivity index (χ2n) is 4.82. The summed E-state index contributed by atoms with van der Waals surface area (Å²) >= 11 is 0. The molecule has 0 aliphatic heterocycles. The van der Waals surface area contributed by atoms with Crippen molar-refractivity contribution in [1.82, 2.24) is 5.43 Å². The van der Waals surface area contributed by atoms with Crippen molar-refractivity contribution in [3.8, 4) is 0 Å². The van der Waals surface area contributed by atoms with E-state index in [1.165, 1.54) is 36.0 Å². The Morgan fingerprint density at radius 3 is 2.94 bits per heavy atom. The number of benzene rings is 1. The molecule has 1 aromatic rings. The van der Waals surface area contributed by atoms with Crippen LogP contribution in [0.2, 0.25) is 0 Å². The van der Waals surface area contributed by atoms with E-state index in [2.05, 4.69) is 30.2 Å². The number of fused-ring (bicyclic) bond motifs is 1. The van der Waals surface area contributed by atoms with Crippen LogP contribution < -0.4 is 11.3 Å². The lowest BCUT2D eigenvalue weighted by molar-refractivity contribution is 0.500. The van der Waals surface area contributed by atoms with Crippen LogP contribution in [0, 0.1) is 0 Å². The molecule has 1 atom stereocenters. The van der Waals surface area contributed by atoms with Gasteiger partial charge in [0.2, 0.25) is 0 Å². The number of rotatable bonds is 6. The molecule has 1 aliphatic rings. The monoisotopic (exact) mass is 230 g/mol. The van der Waals surface area contributed by atoms with Crippen molar-refractivity contribution >= 4 is 0 Å².